The average Bonchev–Trinajstić information content (AvgIpc) is 2.98. The lowest BCUT2D eigenvalue weighted by molar-refractivity contribution is -0.937. The second-order valence-electron chi connectivity index (χ2n) is 16.8. The Labute approximate surface area is 284 Å². The number of hydrogen-bond donors (Lipinski definition) is 0. The van der Waals surface area contributed by atoms with Crippen LogP contribution in [0.25, 0.3) is 12.2 Å². The van der Waals surface area contributed by atoms with Crippen LogP contribution in [0.1, 0.15) is 62.5 Å². The van der Waals surface area contributed by atoms with Crippen molar-refractivity contribution in [1.82, 2.24) is 0 Å². The summed E-state index contributed by atoms with van der Waals surface area (Å²) in [5, 5.41) is 0. The average molecular weight is 641 g/mol. The molecule has 0 radical (unpaired) electrons. The van der Waals surface area contributed by atoms with E-state index in [0.29, 0.717) is 0 Å². The topological polar surface area (TPSA) is 18.5 Å². The molecule has 0 aliphatic rings. The number of unbranched alkanes of at least 4 members (excludes halogenated alkanes) is 6. The van der Waals surface area contributed by atoms with Gasteiger partial charge in [0.2, 0.25) is 0 Å². The van der Waals surface area contributed by atoms with Gasteiger partial charge in [-0.3, -0.25) is 0 Å². The SMILES string of the molecule is C[N+](C)(C)CC[N+](C)(C)CCCCCCOc1ccc(/C=C/c2ccc(OCCCCCC[N+](C)(C)CC[N+](C)(C)C)cc2)cc1. The first-order chi connectivity index (χ1) is 21.5. The Hall–Kier alpha value is -2.38. The van der Waals surface area contributed by atoms with Gasteiger partial charge in [0, 0.05) is 0 Å². The third-order valence-corrected chi connectivity index (χ3v) is 8.83. The summed E-state index contributed by atoms with van der Waals surface area (Å²) >= 11 is 0. The zero-order chi connectivity index (χ0) is 34.1. The largest absolute Gasteiger partial charge is 0.494 e. The lowest BCUT2D eigenvalue weighted by Gasteiger charge is -2.33. The summed E-state index contributed by atoms with van der Waals surface area (Å²) in [5.74, 6) is 1.91. The van der Waals surface area contributed by atoms with Gasteiger partial charge in [-0.25, -0.2) is 0 Å². The van der Waals surface area contributed by atoms with E-state index in [0.717, 1.165) is 55.5 Å². The van der Waals surface area contributed by atoms with E-state index in [2.05, 4.69) is 131 Å². The first-order valence-corrected chi connectivity index (χ1v) is 17.9. The van der Waals surface area contributed by atoms with Crippen LogP contribution in [-0.2, 0) is 0 Å². The first-order valence-electron chi connectivity index (χ1n) is 17.9. The summed E-state index contributed by atoms with van der Waals surface area (Å²) in [6.45, 7) is 8.99. The van der Waals surface area contributed by atoms with Gasteiger partial charge in [0.05, 0.1) is 96.8 Å². The van der Waals surface area contributed by atoms with E-state index in [9.17, 15) is 0 Å². The van der Waals surface area contributed by atoms with Gasteiger partial charge in [-0.1, -0.05) is 36.4 Å². The van der Waals surface area contributed by atoms with Crippen molar-refractivity contribution in [2.75, 3.05) is 123 Å². The number of nitrogens with zero attached hydrogens (tertiary/aromatic N) is 4. The molecule has 46 heavy (non-hydrogen) atoms. The highest BCUT2D eigenvalue weighted by molar-refractivity contribution is 5.70. The van der Waals surface area contributed by atoms with Crippen molar-refractivity contribution in [2.24, 2.45) is 0 Å². The van der Waals surface area contributed by atoms with Crippen LogP contribution in [0.3, 0.4) is 0 Å². The Balaban J connectivity index is 1.57. The molecule has 0 heterocycles. The van der Waals surface area contributed by atoms with E-state index in [1.807, 2.05) is 0 Å². The van der Waals surface area contributed by atoms with Crippen LogP contribution in [0.2, 0.25) is 0 Å². The van der Waals surface area contributed by atoms with Gasteiger partial charge in [-0.15, -0.1) is 0 Å². The molecule has 0 bridgehead atoms. The molecule has 0 amide bonds. The van der Waals surface area contributed by atoms with Crippen molar-refractivity contribution >= 4 is 12.2 Å². The lowest BCUT2D eigenvalue weighted by Crippen LogP contribution is -2.49. The molecule has 0 aliphatic heterocycles. The molecule has 0 spiro atoms. The number of likely N-dealkylation sites (N-methyl/N-ethyl adjacent to an activating group) is 4. The maximum Gasteiger partial charge on any atom is 0.128 e. The van der Waals surface area contributed by atoms with E-state index >= 15 is 0 Å². The van der Waals surface area contributed by atoms with Gasteiger partial charge < -0.3 is 27.4 Å². The first kappa shape index (κ1) is 39.8. The number of benzene rings is 2. The molecule has 0 N–H and O–H groups in total. The Morgan fingerprint density at radius 1 is 0.391 bits per heavy atom. The zero-order valence-corrected chi connectivity index (χ0v) is 31.7. The molecule has 6 nitrogen and oxygen atoms in total. The predicted molar refractivity (Wildman–Crippen MR) is 199 cm³/mol. The Kier molecular flexibility index (Phi) is 16.8. The standard InChI is InChI=1S/C40H72N4O2/c1-41(2,3)31-33-43(7,8)29-15-11-13-17-35-45-39-25-21-37(22-26-39)19-20-38-23-27-40(28-24-38)46-36-18-14-12-16-30-44(9,10)34-32-42(4,5)6/h19-28H,11-18,29-36H2,1-10H3/q+4/b20-19+. The van der Waals surface area contributed by atoms with E-state index in [-0.39, 0.29) is 0 Å². The normalized spacial score (nSPS) is 13.0. The Bertz CT molecular complexity index is 1020. The van der Waals surface area contributed by atoms with E-state index in [1.54, 1.807) is 0 Å². The van der Waals surface area contributed by atoms with Crippen molar-refractivity contribution in [3.63, 3.8) is 0 Å². The molecular weight excluding hydrogens is 568 g/mol. The predicted octanol–water partition coefficient (Wildman–Crippen LogP) is 7.30. The highest BCUT2D eigenvalue weighted by Crippen LogP contribution is 2.18. The second-order valence-corrected chi connectivity index (χ2v) is 16.8. The van der Waals surface area contributed by atoms with Crippen molar-refractivity contribution in [3.05, 3.63) is 59.7 Å². The molecule has 260 valence electrons. The lowest BCUT2D eigenvalue weighted by atomic mass is 10.1. The molecule has 0 fully saturated rings. The minimum atomic E-state index is 0.790. The molecule has 0 atom stereocenters. The van der Waals surface area contributed by atoms with Crippen LogP contribution < -0.4 is 9.47 Å². The van der Waals surface area contributed by atoms with Crippen LogP contribution in [0.15, 0.2) is 48.5 Å². The minimum absolute atomic E-state index is 0.790. The molecule has 2 aromatic carbocycles. The van der Waals surface area contributed by atoms with Gasteiger partial charge in [0.1, 0.15) is 37.7 Å². The van der Waals surface area contributed by atoms with Gasteiger partial charge in [0.15, 0.2) is 0 Å². The van der Waals surface area contributed by atoms with Crippen molar-refractivity contribution in [1.29, 1.82) is 0 Å². The summed E-state index contributed by atoms with van der Waals surface area (Å²) in [5.41, 5.74) is 2.35. The summed E-state index contributed by atoms with van der Waals surface area (Å²) in [4.78, 5) is 0. The molecule has 6 heteroatoms. The van der Waals surface area contributed by atoms with Crippen LogP contribution in [0.4, 0.5) is 0 Å². The fourth-order valence-corrected chi connectivity index (χ4v) is 5.28. The zero-order valence-electron chi connectivity index (χ0n) is 31.7. The summed E-state index contributed by atoms with van der Waals surface area (Å²) in [6.07, 6.45) is 14.1. The van der Waals surface area contributed by atoms with E-state index < -0.39 is 0 Å². The van der Waals surface area contributed by atoms with Crippen LogP contribution in [-0.4, -0.2) is 141 Å². The molecule has 2 rings (SSSR count). The molecule has 2 aromatic rings. The molecular formula is C40H72N4O2+4. The number of quaternary nitrogens is 4. The highest BCUT2D eigenvalue weighted by atomic mass is 16.5. The van der Waals surface area contributed by atoms with E-state index in [1.165, 1.54) is 88.9 Å². The number of rotatable bonds is 24. The van der Waals surface area contributed by atoms with Crippen LogP contribution in [0.5, 0.6) is 11.5 Å². The molecule has 0 unspecified atom stereocenters. The van der Waals surface area contributed by atoms with Crippen molar-refractivity contribution in [2.45, 2.75) is 51.4 Å². The molecule has 0 saturated carbocycles. The summed E-state index contributed by atoms with van der Waals surface area (Å²) in [6, 6.07) is 16.8. The smallest absolute Gasteiger partial charge is 0.128 e. The fraction of sp³-hybridized carbons (Fsp3) is 0.650. The minimum Gasteiger partial charge on any atom is -0.494 e. The van der Waals surface area contributed by atoms with Crippen molar-refractivity contribution < 1.29 is 27.4 Å². The van der Waals surface area contributed by atoms with E-state index in [4.69, 9.17) is 9.47 Å². The molecule has 0 aromatic heterocycles. The molecule has 0 aliphatic carbocycles. The highest BCUT2D eigenvalue weighted by Gasteiger charge is 2.20. The Morgan fingerprint density at radius 2 is 0.717 bits per heavy atom. The maximum absolute atomic E-state index is 6.01. The fourth-order valence-electron chi connectivity index (χ4n) is 5.28. The molecule has 0 saturated heterocycles. The third kappa shape index (κ3) is 20.0. The van der Waals surface area contributed by atoms with Gasteiger partial charge in [-0.2, -0.15) is 0 Å². The van der Waals surface area contributed by atoms with Gasteiger partial charge in [-0.05, 0) is 86.8 Å². The van der Waals surface area contributed by atoms with Crippen LogP contribution >= 0.6 is 0 Å². The number of hydrogen-bond acceptors (Lipinski definition) is 2. The van der Waals surface area contributed by atoms with Crippen molar-refractivity contribution in [3.8, 4) is 11.5 Å². The van der Waals surface area contributed by atoms with Gasteiger partial charge >= 0.3 is 0 Å². The summed E-state index contributed by atoms with van der Waals surface area (Å²) < 4.78 is 16.3. The number of ether oxygens (including phenoxy) is 2. The monoisotopic (exact) mass is 641 g/mol. The third-order valence-electron chi connectivity index (χ3n) is 8.83. The maximum atomic E-state index is 6.01. The quantitative estimate of drug-likeness (QED) is 0.0681. The van der Waals surface area contributed by atoms with Crippen LogP contribution in [0, 0.1) is 0 Å². The Morgan fingerprint density at radius 3 is 1.04 bits per heavy atom. The second kappa shape index (κ2) is 19.4. The summed E-state index contributed by atoms with van der Waals surface area (Å²) in [7, 11) is 23.1. The van der Waals surface area contributed by atoms with Gasteiger partial charge in [0.25, 0.3) is 0 Å².